The highest BCUT2D eigenvalue weighted by Crippen LogP contribution is 2.04. The van der Waals surface area contributed by atoms with Crippen molar-refractivity contribution in [1.29, 1.82) is 0 Å². The highest BCUT2D eigenvalue weighted by molar-refractivity contribution is 8.02. The van der Waals surface area contributed by atoms with Gasteiger partial charge in [-0.15, -0.1) is 11.8 Å². The number of nitrogens with one attached hydrogen (secondary N) is 1. The Bertz CT molecular complexity index is 266. The largest absolute Gasteiger partial charge is 0.349 e. The van der Waals surface area contributed by atoms with Crippen LogP contribution in [0.15, 0.2) is 16.7 Å². The van der Waals surface area contributed by atoms with Crippen molar-refractivity contribution >= 4 is 17.7 Å². The number of hydrazone groups is 1. The molecule has 1 rings (SSSR count). The predicted octanol–water partition coefficient (Wildman–Crippen LogP) is 0.664. The van der Waals surface area contributed by atoms with E-state index in [2.05, 4.69) is 10.4 Å². The minimum atomic E-state index is -0.693. The summed E-state index contributed by atoms with van der Waals surface area (Å²) < 4.78 is 0. The van der Waals surface area contributed by atoms with Crippen LogP contribution in [0.4, 0.5) is 0 Å². The molecule has 0 aromatic heterocycles. The summed E-state index contributed by atoms with van der Waals surface area (Å²) in [6, 6.07) is 0. The number of nitro groups is 1. The molecule has 78 valence electrons. The number of nitrogens with zero attached hydrogens (tertiary/aromatic N) is 3. The Morgan fingerprint density at radius 3 is 3.29 bits per heavy atom. The molecule has 0 radical (unpaired) electrons. The van der Waals surface area contributed by atoms with Crippen LogP contribution in [0, 0.1) is 10.1 Å². The maximum Gasteiger partial charge on any atom is 0.275 e. The van der Waals surface area contributed by atoms with Crippen molar-refractivity contribution in [1.82, 2.24) is 10.2 Å². The van der Waals surface area contributed by atoms with Gasteiger partial charge in [0, 0.05) is 19.3 Å². The summed E-state index contributed by atoms with van der Waals surface area (Å²) in [4.78, 5) is 11.9. The van der Waals surface area contributed by atoms with E-state index in [-0.39, 0.29) is 0 Å². The Kier molecular flexibility index (Phi) is 4.24. The van der Waals surface area contributed by atoms with Crippen LogP contribution < -0.4 is 5.32 Å². The molecule has 1 saturated heterocycles. The second-order valence-electron chi connectivity index (χ2n) is 2.52. The summed E-state index contributed by atoms with van der Waals surface area (Å²) in [6.45, 7) is 3.45. The third-order valence-corrected chi connectivity index (χ3v) is 2.24. The molecular weight excluding hydrogens is 204 g/mol. The van der Waals surface area contributed by atoms with Crippen molar-refractivity contribution < 1.29 is 5.03 Å². The lowest BCUT2D eigenvalue weighted by Crippen LogP contribution is -2.26. The van der Waals surface area contributed by atoms with Gasteiger partial charge in [0.25, 0.3) is 5.96 Å². The van der Waals surface area contributed by atoms with Crippen molar-refractivity contribution in [3.05, 3.63) is 21.7 Å². The zero-order chi connectivity index (χ0) is 10.4. The third kappa shape index (κ3) is 3.25. The van der Waals surface area contributed by atoms with Gasteiger partial charge >= 0.3 is 0 Å². The Morgan fingerprint density at radius 1 is 1.86 bits per heavy atom. The van der Waals surface area contributed by atoms with Crippen molar-refractivity contribution in [2.75, 3.05) is 18.8 Å². The molecule has 1 aliphatic rings. The summed E-state index contributed by atoms with van der Waals surface area (Å²) in [5, 5.41) is 17.4. The van der Waals surface area contributed by atoms with Gasteiger partial charge in [-0.1, -0.05) is 6.92 Å². The van der Waals surface area contributed by atoms with E-state index in [0.717, 1.165) is 5.75 Å². The quantitative estimate of drug-likeness (QED) is 0.552. The number of hydrogen-bond acceptors (Lipinski definition) is 3. The van der Waals surface area contributed by atoms with Crippen LogP contribution in [-0.2, 0) is 0 Å². The first-order valence-electron chi connectivity index (χ1n) is 4.26. The lowest BCUT2D eigenvalue weighted by atomic mass is 10.6. The number of guanidine groups is 1. The molecule has 0 unspecified atom stereocenters. The van der Waals surface area contributed by atoms with Crippen LogP contribution in [-0.4, -0.2) is 34.7 Å². The van der Waals surface area contributed by atoms with E-state index < -0.39 is 5.03 Å². The fourth-order valence-corrected chi connectivity index (χ4v) is 1.45. The van der Waals surface area contributed by atoms with E-state index in [9.17, 15) is 10.1 Å². The molecule has 1 fully saturated rings. The molecule has 0 bridgehead atoms. The zero-order valence-electron chi connectivity index (χ0n) is 7.84. The van der Waals surface area contributed by atoms with Crippen LogP contribution in [0.5, 0.6) is 0 Å². The van der Waals surface area contributed by atoms with Crippen molar-refractivity contribution in [2.24, 2.45) is 5.10 Å². The van der Waals surface area contributed by atoms with Crippen LogP contribution in [0.2, 0.25) is 0 Å². The summed E-state index contributed by atoms with van der Waals surface area (Å²) in [5.74, 6) is 1.29. The van der Waals surface area contributed by atoms with Gasteiger partial charge < -0.3 is 10.2 Å². The van der Waals surface area contributed by atoms with E-state index >= 15 is 0 Å². The third-order valence-electron chi connectivity index (χ3n) is 1.59. The topological polar surface area (TPSA) is 70.8 Å². The van der Waals surface area contributed by atoms with Gasteiger partial charge in [0.05, 0.1) is 0 Å². The minimum Gasteiger partial charge on any atom is -0.349 e. The Hall–Kier alpha value is -1.24. The van der Waals surface area contributed by atoms with Crippen molar-refractivity contribution in [3.63, 3.8) is 0 Å². The molecule has 0 aromatic rings. The highest BCUT2D eigenvalue weighted by atomic mass is 32.2. The van der Waals surface area contributed by atoms with Gasteiger partial charge in [-0.25, -0.2) is 10.1 Å². The van der Waals surface area contributed by atoms with E-state index in [1.54, 1.807) is 22.9 Å². The minimum absolute atomic E-state index is 0.308. The molecule has 1 N–H and O–H groups in total. The van der Waals surface area contributed by atoms with Gasteiger partial charge in [-0.3, -0.25) is 0 Å². The maximum atomic E-state index is 10.2. The lowest BCUT2D eigenvalue weighted by molar-refractivity contribution is -0.485. The van der Waals surface area contributed by atoms with Crippen molar-refractivity contribution in [2.45, 2.75) is 6.92 Å². The molecule has 0 amide bonds. The molecule has 0 saturated carbocycles. The summed E-state index contributed by atoms with van der Waals surface area (Å²) in [7, 11) is 0. The standard InChI is InChI=1S/C7H12N4O2S/c1-2-14-6-5-10-4-3-8-7(10)9-11(12)13/h5-6H,2-4H2,1H3,(H,8,9)/b6-5+. The predicted molar refractivity (Wildman–Crippen MR) is 56.4 cm³/mol. The van der Waals surface area contributed by atoms with Crippen LogP contribution >= 0.6 is 11.8 Å². The maximum absolute atomic E-state index is 10.2. The fourth-order valence-electron chi connectivity index (χ4n) is 1.02. The van der Waals surface area contributed by atoms with Gasteiger partial charge in [0.1, 0.15) is 5.10 Å². The molecule has 7 heteroatoms. The molecule has 6 nitrogen and oxygen atoms in total. The van der Waals surface area contributed by atoms with E-state index in [1.807, 2.05) is 12.3 Å². The average Bonchev–Trinajstić information content (AvgIpc) is 2.52. The van der Waals surface area contributed by atoms with Gasteiger partial charge in [0.15, 0.2) is 5.03 Å². The Morgan fingerprint density at radius 2 is 2.64 bits per heavy atom. The molecule has 0 spiro atoms. The fraction of sp³-hybridized carbons (Fsp3) is 0.571. The first-order valence-corrected chi connectivity index (χ1v) is 5.30. The van der Waals surface area contributed by atoms with E-state index in [1.165, 1.54) is 0 Å². The molecule has 0 aliphatic carbocycles. The zero-order valence-corrected chi connectivity index (χ0v) is 8.66. The first kappa shape index (κ1) is 10.8. The molecule has 0 atom stereocenters. The van der Waals surface area contributed by atoms with Gasteiger partial charge in [-0.05, 0) is 11.2 Å². The lowest BCUT2D eigenvalue weighted by Gasteiger charge is -2.07. The van der Waals surface area contributed by atoms with Crippen LogP contribution in [0.3, 0.4) is 0 Å². The molecule has 1 heterocycles. The number of hydrogen-bond donors (Lipinski definition) is 1. The number of thioether (sulfide) groups is 1. The molecule has 14 heavy (non-hydrogen) atoms. The number of rotatable bonds is 4. The van der Waals surface area contributed by atoms with Gasteiger partial charge in [0.2, 0.25) is 0 Å². The van der Waals surface area contributed by atoms with Crippen molar-refractivity contribution in [3.8, 4) is 0 Å². The summed E-state index contributed by atoms with van der Waals surface area (Å²) in [6.07, 6.45) is 1.80. The van der Waals surface area contributed by atoms with Crippen LogP contribution in [0.25, 0.3) is 0 Å². The van der Waals surface area contributed by atoms with Crippen LogP contribution in [0.1, 0.15) is 6.92 Å². The molecular formula is C7H12N4O2S. The first-order chi connectivity index (χ1) is 6.74. The Balaban J connectivity index is 2.55. The van der Waals surface area contributed by atoms with E-state index in [0.29, 0.717) is 19.0 Å². The smallest absolute Gasteiger partial charge is 0.275 e. The van der Waals surface area contributed by atoms with E-state index in [4.69, 9.17) is 0 Å². The highest BCUT2D eigenvalue weighted by Gasteiger charge is 2.18. The Labute approximate surface area is 86.2 Å². The average molecular weight is 216 g/mol. The molecule has 1 aliphatic heterocycles. The summed E-state index contributed by atoms with van der Waals surface area (Å²) in [5.41, 5.74) is 0. The second-order valence-corrected chi connectivity index (χ2v) is 3.70. The summed E-state index contributed by atoms with van der Waals surface area (Å²) >= 11 is 1.64. The monoisotopic (exact) mass is 216 g/mol. The normalized spacial score (nSPS) is 19.2. The molecule has 0 aromatic carbocycles. The van der Waals surface area contributed by atoms with Gasteiger partial charge in [-0.2, -0.15) is 0 Å². The second kappa shape index (κ2) is 5.48. The SMILES string of the molecule is CCS/C=C/N1CCN/C1=N\[N+](=O)[O-].